The van der Waals surface area contributed by atoms with E-state index in [1.54, 1.807) is 34.9 Å². The van der Waals surface area contributed by atoms with Crippen LogP contribution in [0.5, 0.6) is 5.75 Å². The molecule has 2 aromatic carbocycles. The van der Waals surface area contributed by atoms with Crippen molar-refractivity contribution in [2.24, 2.45) is 5.14 Å². The maximum absolute atomic E-state index is 14.1. The number of hydrogen-bond donors (Lipinski definition) is 1. The molecule has 0 saturated heterocycles. The first-order valence-corrected chi connectivity index (χ1v) is 9.02. The van der Waals surface area contributed by atoms with Crippen molar-refractivity contribution < 1.29 is 17.5 Å². The van der Waals surface area contributed by atoms with Crippen molar-refractivity contribution in [2.45, 2.75) is 11.8 Å². The van der Waals surface area contributed by atoms with E-state index in [9.17, 15) is 12.8 Å². The number of aromatic nitrogens is 1. The molecule has 0 unspecified atom stereocenters. The summed E-state index contributed by atoms with van der Waals surface area (Å²) in [5.74, 6) is -0.362. The van der Waals surface area contributed by atoms with Crippen molar-refractivity contribution in [3.63, 3.8) is 0 Å². The molecule has 0 saturated carbocycles. The lowest BCUT2D eigenvalue weighted by molar-refractivity contribution is 0.386. The zero-order chi connectivity index (χ0) is 18.2. The van der Waals surface area contributed by atoms with Crippen LogP contribution in [0.3, 0.4) is 0 Å². The smallest absolute Gasteiger partial charge is 0.238 e. The summed E-state index contributed by atoms with van der Waals surface area (Å²) >= 11 is 0. The van der Waals surface area contributed by atoms with Gasteiger partial charge in [-0.2, -0.15) is 0 Å². The van der Waals surface area contributed by atoms with E-state index in [2.05, 4.69) is 0 Å². The first-order valence-electron chi connectivity index (χ1n) is 7.47. The zero-order valence-electron chi connectivity index (χ0n) is 13.7. The van der Waals surface area contributed by atoms with Gasteiger partial charge in [-0.15, -0.1) is 0 Å². The molecule has 0 radical (unpaired) electrons. The van der Waals surface area contributed by atoms with E-state index in [1.165, 1.54) is 25.3 Å². The summed E-state index contributed by atoms with van der Waals surface area (Å²) in [7, 11) is -2.50. The molecule has 3 rings (SSSR count). The van der Waals surface area contributed by atoms with E-state index in [0.717, 1.165) is 5.69 Å². The van der Waals surface area contributed by atoms with Crippen molar-refractivity contribution in [2.75, 3.05) is 7.11 Å². The van der Waals surface area contributed by atoms with Crippen LogP contribution in [-0.2, 0) is 10.0 Å². The van der Waals surface area contributed by atoms with Crippen LogP contribution in [0.4, 0.5) is 4.39 Å². The number of sulfonamides is 1. The predicted molar refractivity (Wildman–Crippen MR) is 93.8 cm³/mol. The third-order valence-corrected chi connectivity index (χ3v) is 4.91. The largest absolute Gasteiger partial charge is 0.494 e. The molecule has 130 valence electrons. The third kappa shape index (κ3) is 3.16. The summed E-state index contributed by atoms with van der Waals surface area (Å²) in [5.41, 5.74) is 2.44. The standard InChI is InChI=1S/C18H17FN2O3S/c1-12-7-9-16(14-5-3-4-6-18(14)25(20,22)23)21(12)13-8-10-17(24-2)15(19)11-13/h3-11H,1-2H3,(H2,20,22,23). The highest BCUT2D eigenvalue weighted by Crippen LogP contribution is 2.32. The van der Waals surface area contributed by atoms with E-state index >= 15 is 0 Å². The Balaban J connectivity index is 2.25. The van der Waals surface area contributed by atoms with E-state index in [-0.39, 0.29) is 10.6 Å². The van der Waals surface area contributed by atoms with Crippen LogP contribution in [0.15, 0.2) is 59.5 Å². The van der Waals surface area contributed by atoms with Gasteiger partial charge in [-0.1, -0.05) is 18.2 Å². The summed E-state index contributed by atoms with van der Waals surface area (Å²) in [6, 6.07) is 14.6. The highest BCUT2D eigenvalue weighted by Gasteiger charge is 2.19. The second-order valence-corrected chi connectivity index (χ2v) is 7.09. The van der Waals surface area contributed by atoms with Gasteiger partial charge in [-0.3, -0.25) is 0 Å². The lowest BCUT2D eigenvalue weighted by atomic mass is 10.1. The fourth-order valence-electron chi connectivity index (χ4n) is 2.81. The van der Waals surface area contributed by atoms with Crippen LogP contribution in [0.1, 0.15) is 5.69 Å². The maximum Gasteiger partial charge on any atom is 0.238 e. The van der Waals surface area contributed by atoms with Gasteiger partial charge in [0.1, 0.15) is 0 Å². The SMILES string of the molecule is COc1ccc(-n2c(C)ccc2-c2ccccc2S(N)(=O)=O)cc1F. The molecular formula is C18H17FN2O3S. The number of aryl methyl sites for hydroxylation is 1. The zero-order valence-corrected chi connectivity index (χ0v) is 14.5. The number of halogens is 1. The van der Waals surface area contributed by atoms with Gasteiger partial charge < -0.3 is 9.30 Å². The average Bonchev–Trinajstić information content (AvgIpc) is 2.95. The predicted octanol–water partition coefficient (Wildman–Crippen LogP) is 3.25. The molecule has 1 heterocycles. The molecule has 0 atom stereocenters. The lowest BCUT2D eigenvalue weighted by Gasteiger charge is -2.15. The molecule has 0 fully saturated rings. The van der Waals surface area contributed by atoms with Gasteiger partial charge in [-0.05, 0) is 37.3 Å². The molecular weight excluding hydrogens is 343 g/mol. The number of rotatable bonds is 4. The summed E-state index contributed by atoms with van der Waals surface area (Å²) in [5, 5.41) is 5.34. The number of benzene rings is 2. The minimum Gasteiger partial charge on any atom is -0.494 e. The van der Waals surface area contributed by atoms with E-state index < -0.39 is 15.8 Å². The number of primary sulfonamides is 1. The Bertz CT molecular complexity index is 1040. The quantitative estimate of drug-likeness (QED) is 0.776. The van der Waals surface area contributed by atoms with Crippen molar-refractivity contribution >= 4 is 10.0 Å². The second kappa shape index (κ2) is 6.34. The molecule has 7 heteroatoms. The Labute approximate surface area is 145 Å². The normalized spacial score (nSPS) is 11.5. The molecule has 0 bridgehead atoms. The van der Waals surface area contributed by atoms with Gasteiger partial charge in [0.2, 0.25) is 10.0 Å². The van der Waals surface area contributed by atoms with E-state index in [0.29, 0.717) is 16.9 Å². The van der Waals surface area contributed by atoms with E-state index in [1.807, 2.05) is 13.0 Å². The minimum atomic E-state index is -3.90. The van der Waals surface area contributed by atoms with Crippen LogP contribution in [0, 0.1) is 12.7 Å². The Morgan fingerprint density at radius 1 is 1.08 bits per heavy atom. The summed E-state index contributed by atoms with van der Waals surface area (Å²) < 4.78 is 44.7. The first-order chi connectivity index (χ1) is 11.8. The van der Waals surface area contributed by atoms with Gasteiger partial charge >= 0.3 is 0 Å². The lowest BCUT2D eigenvalue weighted by Crippen LogP contribution is -2.14. The molecule has 0 aliphatic heterocycles. The van der Waals surface area contributed by atoms with Gasteiger partial charge in [0.25, 0.3) is 0 Å². The van der Waals surface area contributed by atoms with Gasteiger partial charge in [0.15, 0.2) is 11.6 Å². The number of nitrogens with zero attached hydrogens (tertiary/aromatic N) is 1. The van der Waals surface area contributed by atoms with Crippen molar-refractivity contribution in [1.29, 1.82) is 0 Å². The highest BCUT2D eigenvalue weighted by molar-refractivity contribution is 7.89. The molecule has 1 aromatic heterocycles. The number of hydrogen-bond acceptors (Lipinski definition) is 3. The van der Waals surface area contributed by atoms with Crippen LogP contribution >= 0.6 is 0 Å². The Kier molecular flexibility index (Phi) is 4.36. The summed E-state index contributed by atoms with van der Waals surface area (Å²) in [6.07, 6.45) is 0. The monoisotopic (exact) mass is 360 g/mol. The molecule has 0 aliphatic rings. The number of nitrogens with two attached hydrogens (primary N) is 1. The Hall–Kier alpha value is -2.64. The molecule has 2 N–H and O–H groups in total. The topological polar surface area (TPSA) is 74.3 Å². The molecule has 0 aliphatic carbocycles. The van der Waals surface area contributed by atoms with Crippen LogP contribution in [0.2, 0.25) is 0 Å². The van der Waals surface area contributed by atoms with Gasteiger partial charge in [-0.25, -0.2) is 17.9 Å². The number of methoxy groups -OCH3 is 1. The third-order valence-electron chi connectivity index (χ3n) is 3.94. The van der Waals surface area contributed by atoms with Crippen molar-refractivity contribution in [3.8, 4) is 22.7 Å². The van der Waals surface area contributed by atoms with Gasteiger partial charge in [0, 0.05) is 23.0 Å². The minimum absolute atomic E-state index is 0.0170. The highest BCUT2D eigenvalue weighted by atomic mass is 32.2. The first kappa shape index (κ1) is 17.2. The molecule has 3 aromatic rings. The van der Waals surface area contributed by atoms with Crippen LogP contribution < -0.4 is 9.88 Å². The van der Waals surface area contributed by atoms with Gasteiger partial charge in [0.05, 0.1) is 17.7 Å². The fourth-order valence-corrected chi connectivity index (χ4v) is 3.56. The Morgan fingerprint density at radius 2 is 1.80 bits per heavy atom. The number of ether oxygens (including phenoxy) is 1. The average molecular weight is 360 g/mol. The summed E-state index contributed by atoms with van der Waals surface area (Å²) in [4.78, 5) is 0.0170. The molecule has 25 heavy (non-hydrogen) atoms. The van der Waals surface area contributed by atoms with Crippen molar-refractivity contribution in [3.05, 3.63) is 66.1 Å². The molecule has 0 spiro atoms. The summed E-state index contributed by atoms with van der Waals surface area (Å²) in [6.45, 7) is 1.85. The van der Waals surface area contributed by atoms with E-state index in [4.69, 9.17) is 9.88 Å². The van der Waals surface area contributed by atoms with Crippen LogP contribution in [0.25, 0.3) is 16.9 Å². The fraction of sp³-hybridized carbons (Fsp3) is 0.111. The maximum atomic E-state index is 14.1. The second-order valence-electron chi connectivity index (χ2n) is 5.56. The molecule has 0 amide bonds. The van der Waals surface area contributed by atoms with Crippen molar-refractivity contribution in [1.82, 2.24) is 4.57 Å². The molecule has 5 nitrogen and oxygen atoms in total. The van der Waals surface area contributed by atoms with Crippen LogP contribution in [-0.4, -0.2) is 20.1 Å². The Morgan fingerprint density at radius 3 is 2.44 bits per heavy atom.